The summed E-state index contributed by atoms with van der Waals surface area (Å²) in [6.45, 7) is 3.37. The molecule has 1 aliphatic rings. The Kier molecular flexibility index (Phi) is 6.25. The minimum Gasteiger partial charge on any atom is -0.294 e. The highest BCUT2D eigenvalue weighted by Gasteiger charge is 2.35. The van der Waals surface area contributed by atoms with E-state index in [1.807, 2.05) is 47.0 Å². The number of para-hydroxylation sites is 1. The number of alkyl halides is 3. The van der Waals surface area contributed by atoms with Crippen LogP contribution in [0.25, 0.3) is 32.7 Å². The molecule has 38 heavy (non-hydrogen) atoms. The Labute approximate surface area is 219 Å². The lowest BCUT2D eigenvalue weighted by molar-refractivity contribution is -0.140. The Balaban J connectivity index is 1.68. The van der Waals surface area contributed by atoms with Crippen molar-refractivity contribution in [3.05, 3.63) is 88.6 Å². The summed E-state index contributed by atoms with van der Waals surface area (Å²) in [5.41, 5.74) is 2.19. The normalized spacial score (nSPS) is 15.6. The van der Waals surface area contributed by atoms with Crippen LogP contribution in [0.3, 0.4) is 0 Å². The number of nitrogens with zero attached hydrogens (tertiary/aromatic N) is 4. The van der Waals surface area contributed by atoms with Crippen LogP contribution in [0.4, 0.5) is 13.2 Å². The zero-order chi connectivity index (χ0) is 27.2. The summed E-state index contributed by atoms with van der Waals surface area (Å²) in [6.07, 6.45) is -2.78. The highest BCUT2D eigenvalue weighted by Crippen LogP contribution is 2.37. The minimum atomic E-state index is -4.43. The first-order valence-corrected chi connectivity index (χ1v) is 12.4. The largest absolute Gasteiger partial charge is 0.416 e. The summed E-state index contributed by atoms with van der Waals surface area (Å²) in [7, 11) is 0. The van der Waals surface area contributed by atoms with Gasteiger partial charge in [-0.2, -0.15) is 18.4 Å². The first-order chi connectivity index (χ1) is 18.1. The van der Waals surface area contributed by atoms with Gasteiger partial charge >= 0.3 is 6.18 Å². The van der Waals surface area contributed by atoms with Crippen LogP contribution in [0.5, 0.6) is 0 Å². The highest BCUT2D eigenvalue weighted by molar-refractivity contribution is 7.21. The van der Waals surface area contributed by atoms with Crippen molar-refractivity contribution in [1.29, 1.82) is 5.26 Å². The summed E-state index contributed by atoms with van der Waals surface area (Å²) in [5, 5.41) is 10.1. The van der Waals surface area contributed by atoms with Gasteiger partial charge in [0.15, 0.2) is 5.65 Å². The third-order valence-corrected chi connectivity index (χ3v) is 7.33. The van der Waals surface area contributed by atoms with Crippen LogP contribution < -0.4 is 0 Å². The van der Waals surface area contributed by atoms with Crippen molar-refractivity contribution >= 4 is 39.6 Å². The van der Waals surface area contributed by atoms with Gasteiger partial charge in [-0.1, -0.05) is 30.3 Å². The van der Waals surface area contributed by atoms with E-state index in [9.17, 15) is 28.0 Å². The van der Waals surface area contributed by atoms with Gasteiger partial charge in [-0.3, -0.25) is 19.1 Å². The molecule has 190 valence electrons. The fourth-order valence-corrected chi connectivity index (χ4v) is 5.35. The van der Waals surface area contributed by atoms with Crippen LogP contribution in [0.2, 0.25) is 0 Å². The maximum absolute atomic E-state index is 13.2. The van der Waals surface area contributed by atoms with E-state index in [0.29, 0.717) is 27.5 Å². The number of hydrogen-bond donors (Lipinski definition) is 0. The van der Waals surface area contributed by atoms with Crippen molar-refractivity contribution in [2.24, 2.45) is 0 Å². The monoisotopic (exact) mass is 532 g/mol. The van der Waals surface area contributed by atoms with Crippen LogP contribution in [-0.2, 0) is 15.8 Å². The van der Waals surface area contributed by atoms with Crippen molar-refractivity contribution in [3.8, 4) is 22.3 Å². The number of carbonyl (C=O) groups excluding carboxylic acids is 2. The quantitative estimate of drug-likeness (QED) is 0.226. The summed E-state index contributed by atoms with van der Waals surface area (Å²) in [4.78, 5) is 31.5. The molecule has 0 fully saturated rings. The smallest absolute Gasteiger partial charge is 0.294 e. The molecule has 10 heteroatoms. The molecule has 0 atom stereocenters. The van der Waals surface area contributed by atoms with E-state index in [1.165, 1.54) is 23.5 Å². The molecule has 2 amide bonds. The van der Waals surface area contributed by atoms with Gasteiger partial charge in [0, 0.05) is 29.1 Å². The number of nitriles is 1. The predicted octanol–water partition coefficient (Wildman–Crippen LogP) is 6.38. The number of aromatic nitrogens is 2. The van der Waals surface area contributed by atoms with Crippen LogP contribution in [0, 0.1) is 11.3 Å². The number of halogens is 3. The van der Waals surface area contributed by atoms with Crippen molar-refractivity contribution < 1.29 is 22.8 Å². The van der Waals surface area contributed by atoms with Gasteiger partial charge in [0.2, 0.25) is 0 Å². The Morgan fingerprint density at radius 2 is 1.74 bits per heavy atom. The van der Waals surface area contributed by atoms with Crippen LogP contribution >= 0.6 is 11.3 Å². The summed E-state index contributed by atoms with van der Waals surface area (Å²) in [5.74, 6) is -1.10. The molecule has 0 aliphatic carbocycles. The molecule has 0 radical (unpaired) electrons. The molecule has 0 unspecified atom stereocenters. The third kappa shape index (κ3) is 4.21. The number of imide groups is 1. The molecule has 0 spiro atoms. The van der Waals surface area contributed by atoms with Crippen molar-refractivity contribution in [2.45, 2.75) is 20.0 Å². The van der Waals surface area contributed by atoms with Gasteiger partial charge in [-0.25, -0.2) is 4.98 Å². The van der Waals surface area contributed by atoms with Gasteiger partial charge in [0.25, 0.3) is 11.8 Å². The fraction of sp³-hybridized carbons (Fsp3) is 0.143. The number of hydrogen-bond acceptors (Lipinski definition) is 5. The second kappa shape index (κ2) is 9.43. The van der Waals surface area contributed by atoms with Crippen LogP contribution in [-0.4, -0.2) is 32.8 Å². The topological polar surface area (TPSA) is 79.0 Å². The average Bonchev–Trinajstić information content (AvgIpc) is 3.45. The number of amides is 2. The zero-order valence-electron chi connectivity index (χ0n) is 20.2. The lowest BCUT2D eigenvalue weighted by Crippen LogP contribution is -2.42. The number of carbonyl (C=O) groups is 2. The number of fused-ring (bicyclic) bond motifs is 1. The molecule has 0 saturated heterocycles. The Morgan fingerprint density at radius 1 is 1.05 bits per heavy atom. The summed E-state index contributed by atoms with van der Waals surface area (Å²) < 4.78 is 41.6. The molecule has 4 aromatic rings. The van der Waals surface area contributed by atoms with Crippen LogP contribution in [0.15, 0.2) is 77.4 Å². The summed E-state index contributed by atoms with van der Waals surface area (Å²) >= 11 is 1.31. The Morgan fingerprint density at radius 3 is 2.34 bits per heavy atom. The SMILES string of the molecule is CCN1C(=O)C(C#N)=C(C)/C(=C/c2cc3sc(-c4ccc(C(F)(F)F)cc4)nc3n2-c2ccccc2)C1=O. The van der Waals surface area contributed by atoms with Gasteiger partial charge in [-0.15, -0.1) is 11.3 Å². The van der Waals surface area contributed by atoms with E-state index in [-0.39, 0.29) is 17.7 Å². The van der Waals surface area contributed by atoms with E-state index in [4.69, 9.17) is 4.98 Å². The molecule has 5 rings (SSSR count). The molecule has 2 aromatic carbocycles. The lowest BCUT2D eigenvalue weighted by Gasteiger charge is -2.26. The fourth-order valence-electron chi connectivity index (χ4n) is 4.34. The molecular formula is C28H19F3N4O2S. The van der Waals surface area contributed by atoms with Gasteiger partial charge < -0.3 is 0 Å². The average molecular weight is 533 g/mol. The van der Waals surface area contributed by atoms with E-state index in [1.54, 1.807) is 19.9 Å². The third-order valence-electron chi connectivity index (χ3n) is 6.29. The van der Waals surface area contributed by atoms with Crippen molar-refractivity contribution in [3.63, 3.8) is 0 Å². The molecule has 3 heterocycles. The lowest BCUT2D eigenvalue weighted by atomic mass is 9.94. The molecule has 0 N–H and O–H groups in total. The highest BCUT2D eigenvalue weighted by atomic mass is 32.1. The standard InChI is InChI=1S/C28H19F3N4O2S/c1-3-34-26(36)21(16(2)22(15-32)27(34)37)13-20-14-23-24(35(20)19-7-5-4-6-8-19)33-25(38-23)17-9-11-18(12-10-17)28(29,30)31/h4-14H,3H2,1-2H3/b21-13-. The maximum Gasteiger partial charge on any atom is 0.416 e. The molecule has 0 bridgehead atoms. The van der Waals surface area contributed by atoms with Crippen molar-refractivity contribution in [2.75, 3.05) is 6.54 Å². The van der Waals surface area contributed by atoms with Crippen LogP contribution in [0.1, 0.15) is 25.1 Å². The van der Waals surface area contributed by atoms with E-state index in [2.05, 4.69) is 0 Å². The molecule has 1 aliphatic heterocycles. The molecule has 2 aromatic heterocycles. The van der Waals surface area contributed by atoms with Gasteiger partial charge in [-0.05, 0) is 55.8 Å². The van der Waals surface area contributed by atoms with E-state index >= 15 is 0 Å². The van der Waals surface area contributed by atoms with Crippen molar-refractivity contribution in [1.82, 2.24) is 14.5 Å². The van der Waals surface area contributed by atoms with Gasteiger partial charge in [0.05, 0.1) is 10.3 Å². The van der Waals surface area contributed by atoms with E-state index < -0.39 is 23.6 Å². The first-order valence-electron chi connectivity index (χ1n) is 11.6. The number of thiazole rings is 1. The van der Waals surface area contributed by atoms with E-state index in [0.717, 1.165) is 27.4 Å². The second-order valence-corrected chi connectivity index (χ2v) is 9.58. The molecule has 6 nitrogen and oxygen atoms in total. The maximum atomic E-state index is 13.2. The zero-order valence-corrected chi connectivity index (χ0v) is 21.0. The Bertz CT molecular complexity index is 1690. The number of benzene rings is 2. The number of likely N-dealkylation sites (N-methyl/N-ethyl adjacent to an activating group) is 1. The molecule has 0 saturated carbocycles. The molecular weight excluding hydrogens is 513 g/mol. The second-order valence-electron chi connectivity index (χ2n) is 8.55. The summed E-state index contributed by atoms with van der Waals surface area (Å²) in [6, 6.07) is 17.9. The predicted molar refractivity (Wildman–Crippen MR) is 138 cm³/mol. The minimum absolute atomic E-state index is 0.0833. The van der Waals surface area contributed by atoms with Gasteiger partial charge in [0.1, 0.15) is 16.6 Å². The number of rotatable bonds is 4. The Hall–Kier alpha value is -4.49. The first kappa shape index (κ1) is 25.2.